The largest absolute Gasteiger partial charge is 0.312 e. The van der Waals surface area contributed by atoms with E-state index in [0.29, 0.717) is 0 Å². The summed E-state index contributed by atoms with van der Waals surface area (Å²) in [6.45, 7) is 0. The maximum absolute atomic E-state index is 6.32. The number of nitrogens with zero attached hydrogens (tertiary/aromatic N) is 1. The molecule has 0 spiro atoms. The van der Waals surface area contributed by atoms with Crippen molar-refractivity contribution in [2.45, 2.75) is 16.6 Å². The Kier molecular flexibility index (Phi) is 3.96. The Balaban J connectivity index is 2.04. The molecular formula is C15H14ClN3S. The second kappa shape index (κ2) is 5.87. The fraction of sp³-hybridized carbons (Fsp3) is 0.133. The van der Waals surface area contributed by atoms with Crippen molar-refractivity contribution in [3.63, 3.8) is 0 Å². The summed E-state index contributed by atoms with van der Waals surface area (Å²) in [7, 11) is 0. The van der Waals surface area contributed by atoms with Gasteiger partial charge in [0.15, 0.2) is 0 Å². The molecule has 0 bridgehead atoms. The summed E-state index contributed by atoms with van der Waals surface area (Å²) < 4.78 is 0. The molecule has 2 aromatic rings. The molecule has 0 fully saturated rings. The molecule has 1 atom stereocenters. The maximum atomic E-state index is 6.32. The summed E-state index contributed by atoms with van der Waals surface area (Å²) in [5.41, 5.74) is 4.75. The van der Waals surface area contributed by atoms with Gasteiger partial charge in [-0.2, -0.15) is 0 Å². The second-order valence-electron chi connectivity index (χ2n) is 4.50. The van der Waals surface area contributed by atoms with Gasteiger partial charge in [-0.3, -0.25) is 0 Å². The number of thioether (sulfide) groups is 1. The molecule has 2 aromatic carbocycles. The molecule has 0 saturated carbocycles. The fourth-order valence-electron chi connectivity index (χ4n) is 2.21. The zero-order valence-corrected chi connectivity index (χ0v) is 12.3. The topological polar surface area (TPSA) is 50.4 Å². The van der Waals surface area contributed by atoms with Crippen LogP contribution in [0.5, 0.6) is 0 Å². The first-order chi connectivity index (χ1) is 9.78. The number of halogens is 1. The molecule has 3 nitrogen and oxygen atoms in total. The van der Waals surface area contributed by atoms with Gasteiger partial charge in [0.2, 0.25) is 0 Å². The average molecular weight is 304 g/mol. The van der Waals surface area contributed by atoms with Gasteiger partial charge in [-0.1, -0.05) is 41.9 Å². The molecule has 1 heterocycles. The molecule has 0 amide bonds. The molecule has 3 rings (SSSR count). The van der Waals surface area contributed by atoms with Crippen LogP contribution in [0, 0.1) is 0 Å². The summed E-state index contributed by atoms with van der Waals surface area (Å²) in [4.78, 5) is 5.72. The van der Waals surface area contributed by atoms with Crippen LogP contribution in [-0.4, -0.2) is 5.84 Å². The van der Waals surface area contributed by atoms with Crippen molar-refractivity contribution < 1.29 is 0 Å². The molecule has 5 heteroatoms. The quantitative estimate of drug-likeness (QED) is 0.617. The molecular weight excluding hydrogens is 290 g/mol. The van der Waals surface area contributed by atoms with E-state index in [0.717, 1.165) is 33.4 Å². The lowest BCUT2D eigenvalue weighted by Gasteiger charge is -2.16. The lowest BCUT2D eigenvalue weighted by molar-refractivity contribution is 0.918. The van der Waals surface area contributed by atoms with Gasteiger partial charge in [-0.25, -0.2) is 10.8 Å². The Labute approximate surface area is 127 Å². The predicted octanol–water partition coefficient (Wildman–Crippen LogP) is 4.07. The number of rotatable bonds is 1. The molecule has 0 aromatic heterocycles. The zero-order valence-electron chi connectivity index (χ0n) is 10.7. The van der Waals surface area contributed by atoms with Crippen LogP contribution in [0.25, 0.3) is 0 Å². The van der Waals surface area contributed by atoms with Crippen LogP contribution in [0.4, 0.5) is 5.69 Å². The highest BCUT2D eigenvalue weighted by Crippen LogP contribution is 2.45. The van der Waals surface area contributed by atoms with Crippen molar-refractivity contribution in [2.24, 2.45) is 10.8 Å². The Hall–Kier alpha value is -1.49. The molecule has 0 radical (unpaired) electrons. The van der Waals surface area contributed by atoms with Crippen molar-refractivity contribution in [3.05, 3.63) is 59.1 Å². The molecule has 1 aliphatic heterocycles. The first-order valence-corrected chi connectivity index (χ1v) is 7.58. The van der Waals surface area contributed by atoms with Crippen molar-refractivity contribution in [1.82, 2.24) is 5.43 Å². The third kappa shape index (κ3) is 2.68. The van der Waals surface area contributed by atoms with Crippen LogP contribution in [0.1, 0.15) is 17.2 Å². The standard InChI is InChI=1S/C15H14ClN3S/c16-11-6-2-1-5-10(11)14-9-15(19-17)18-12-7-3-4-8-13(12)20-14/h1-8,14H,9,17H2,(H,18,19). The highest BCUT2D eigenvalue weighted by molar-refractivity contribution is 7.99. The lowest BCUT2D eigenvalue weighted by Crippen LogP contribution is -2.30. The number of amidine groups is 1. The number of nitrogens with two attached hydrogens (primary N) is 1. The van der Waals surface area contributed by atoms with E-state index in [4.69, 9.17) is 17.4 Å². The SMILES string of the molecule is NNC1=Nc2ccccc2SC(c2ccccc2Cl)C1. The molecule has 1 unspecified atom stereocenters. The van der Waals surface area contributed by atoms with E-state index < -0.39 is 0 Å². The van der Waals surface area contributed by atoms with Crippen LogP contribution in [0.15, 0.2) is 58.4 Å². The van der Waals surface area contributed by atoms with E-state index in [1.54, 1.807) is 11.8 Å². The minimum absolute atomic E-state index is 0.196. The number of fused-ring (bicyclic) bond motifs is 1. The van der Waals surface area contributed by atoms with Crippen LogP contribution >= 0.6 is 23.4 Å². The monoisotopic (exact) mass is 303 g/mol. The lowest BCUT2D eigenvalue weighted by atomic mass is 10.1. The third-order valence-electron chi connectivity index (χ3n) is 3.19. The number of benzene rings is 2. The van der Waals surface area contributed by atoms with Gasteiger partial charge < -0.3 is 5.43 Å². The summed E-state index contributed by atoms with van der Waals surface area (Å²) >= 11 is 8.09. The average Bonchev–Trinajstić information content (AvgIpc) is 2.66. The Morgan fingerprint density at radius 2 is 1.90 bits per heavy atom. The van der Waals surface area contributed by atoms with Gasteiger partial charge in [0.25, 0.3) is 0 Å². The fourth-order valence-corrected chi connectivity index (χ4v) is 3.82. The van der Waals surface area contributed by atoms with E-state index in [1.165, 1.54) is 0 Å². The molecule has 0 saturated heterocycles. The van der Waals surface area contributed by atoms with E-state index in [1.807, 2.05) is 36.4 Å². The highest BCUT2D eigenvalue weighted by Gasteiger charge is 2.22. The van der Waals surface area contributed by atoms with Crippen molar-refractivity contribution in [1.29, 1.82) is 0 Å². The normalized spacial score (nSPS) is 17.9. The van der Waals surface area contributed by atoms with Gasteiger partial charge >= 0.3 is 0 Å². The number of nitrogens with one attached hydrogen (secondary N) is 1. The summed E-state index contributed by atoms with van der Waals surface area (Å²) in [6, 6.07) is 16.0. The summed E-state index contributed by atoms with van der Waals surface area (Å²) in [6.07, 6.45) is 0.722. The van der Waals surface area contributed by atoms with Gasteiger partial charge in [-0.15, -0.1) is 11.8 Å². The Morgan fingerprint density at radius 3 is 2.70 bits per heavy atom. The second-order valence-corrected chi connectivity index (χ2v) is 6.15. The van der Waals surface area contributed by atoms with Crippen LogP contribution < -0.4 is 11.3 Å². The van der Waals surface area contributed by atoms with E-state index >= 15 is 0 Å². The third-order valence-corrected chi connectivity index (χ3v) is 4.84. The van der Waals surface area contributed by atoms with Gasteiger partial charge in [0, 0.05) is 21.6 Å². The van der Waals surface area contributed by atoms with E-state index in [-0.39, 0.29) is 5.25 Å². The molecule has 3 N–H and O–H groups in total. The molecule has 1 aliphatic rings. The smallest absolute Gasteiger partial charge is 0.118 e. The Morgan fingerprint density at radius 1 is 1.15 bits per heavy atom. The van der Waals surface area contributed by atoms with E-state index in [9.17, 15) is 0 Å². The molecule has 20 heavy (non-hydrogen) atoms. The van der Waals surface area contributed by atoms with Crippen molar-refractivity contribution >= 4 is 34.9 Å². The maximum Gasteiger partial charge on any atom is 0.118 e. The number of hydrazine groups is 1. The molecule has 102 valence electrons. The number of hydrogen-bond donors (Lipinski definition) is 2. The summed E-state index contributed by atoms with van der Waals surface area (Å²) in [5, 5.41) is 0.975. The van der Waals surface area contributed by atoms with Crippen molar-refractivity contribution in [3.8, 4) is 0 Å². The first kappa shape index (κ1) is 13.5. The first-order valence-electron chi connectivity index (χ1n) is 6.32. The Bertz CT molecular complexity index is 657. The number of aliphatic imine (C=N–C) groups is 1. The minimum Gasteiger partial charge on any atom is -0.312 e. The number of hydrogen-bond acceptors (Lipinski definition) is 4. The zero-order chi connectivity index (χ0) is 13.9. The molecule has 0 aliphatic carbocycles. The van der Waals surface area contributed by atoms with Gasteiger partial charge in [-0.05, 0) is 23.8 Å². The number of para-hydroxylation sites is 1. The van der Waals surface area contributed by atoms with E-state index in [2.05, 4.69) is 22.6 Å². The minimum atomic E-state index is 0.196. The highest BCUT2D eigenvalue weighted by atomic mass is 35.5. The van der Waals surface area contributed by atoms with Crippen molar-refractivity contribution in [2.75, 3.05) is 0 Å². The van der Waals surface area contributed by atoms with Crippen LogP contribution in [-0.2, 0) is 0 Å². The predicted molar refractivity (Wildman–Crippen MR) is 85.5 cm³/mol. The van der Waals surface area contributed by atoms with Gasteiger partial charge in [0.1, 0.15) is 5.84 Å². The van der Waals surface area contributed by atoms with Gasteiger partial charge in [0.05, 0.1) is 5.69 Å². The van der Waals surface area contributed by atoms with Crippen LogP contribution in [0.2, 0.25) is 5.02 Å². The summed E-state index contributed by atoms with van der Waals surface area (Å²) in [5.74, 6) is 6.36. The van der Waals surface area contributed by atoms with Crippen LogP contribution in [0.3, 0.4) is 0 Å².